The van der Waals surface area contributed by atoms with Crippen molar-refractivity contribution in [2.45, 2.75) is 33.1 Å². The van der Waals surface area contributed by atoms with Crippen LogP contribution >= 0.6 is 0 Å². The molecule has 0 aromatic carbocycles. The lowest BCUT2D eigenvalue weighted by Gasteiger charge is -2.27. The second-order valence-corrected chi connectivity index (χ2v) is 4.04. The minimum absolute atomic E-state index is 0.0921. The SMILES string of the molecule is CC(C(=O)O)=C(C)C(=O)NN1CCCCC1. The highest BCUT2D eigenvalue weighted by atomic mass is 16.4. The number of amides is 1. The number of piperidine rings is 1. The molecule has 0 radical (unpaired) electrons. The molecule has 90 valence electrons. The lowest BCUT2D eigenvalue weighted by atomic mass is 10.1. The van der Waals surface area contributed by atoms with Crippen LogP contribution in [0.15, 0.2) is 11.1 Å². The first-order chi connectivity index (χ1) is 7.52. The average Bonchev–Trinajstić information content (AvgIpc) is 2.28. The molecule has 0 saturated carbocycles. The maximum absolute atomic E-state index is 11.7. The number of carboxylic acid groups (broad SMARTS) is 1. The summed E-state index contributed by atoms with van der Waals surface area (Å²) in [7, 11) is 0. The molecule has 1 amide bonds. The maximum Gasteiger partial charge on any atom is 0.331 e. The number of hydrogen-bond acceptors (Lipinski definition) is 3. The number of aliphatic carboxylic acids is 1. The Morgan fingerprint density at radius 1 is 1.06 bits per heavy atom. The van der Waals surface area contributed by atoms with Gasteiger partial charge < -0.3 is 5.11 Å². The molecule has 0 aromatic rings. The number of hydrogen-bond donors (Lipinski definition) is 2. The van der Waals surface area contributed by atoms with Crippen LogP contribution in [0.5, 0.6) is 0 Å². The third-order valence-electron chi connectivity index (χ3n) is 2.84. The van der Waals surface area contributed by atoms with Gasteiger partial charge >= 0.3 is 5.97 Å². The van der Waals surface area contributed by atoms with Crippen molar-refractivity contribution < 1.29 is 14.7 Å². The van der Waals surface area contributed by atoms with Gasteiger partial charge in [-0.25, -0.2) is 9.80 Å². The summed E-state index contributed by atoms with van der Waals surface area (Å²) in [6.45, 7) is 4.65. The third-order valence-corrected chi connectivity index (χ3v) is 2.84. The van der Waals surface area contributed by atoms with Crippen LogP contribution in [0, 0.1) is 0 Å². The molecule has 0 atom stereocenters. The van der Waals surface area contributed by atoms with Gasteiger partial charge in [0, 0.05) is 24.2 Å². The van der Waals surface area contributed by atoms with Crippen LogP contribution in [0.3, 0.4) is 0 Å². The van der Waals surface area contributed by atoms with Crippen molar-refractivity contribution in [3.8, 4) is 0 Å². The van der Waals surface area contributed by atoms with Gasteiger partial charge in [-0.3, -0.25) is 10.2 Å². The molecule has 1 rings (SSSR count). The Bertz CT molecular complexity index is 317. The summed E-state index contributed by atoms with van der Waals surface area (Å²) >= 11 is 0. The van der Waals surface area contributed by atoms with Gasteiger partial charge in [0.1, 0.15) is 0 Å². The molecule has 0 bridgehead atoms. The highest BCUT2D eigenvalue weighted by Crippen LogP contribution is 2.08. The molecule has 5 heteroatoms. The molecule has 1 saturated heterocycles. The molecule has 0 aliphatic carbocycles. The van der Waals surface area contributed by atoms with Gasteiger partial charge in [-0.05, 0) is 26.7 Å². The van der Waals surface area contributed by atoms with Crippen LogP contribution in [0.1, 0.15) is 33.1 Å². The maximum atomic E-state index is 11.7. The minimum Gasteiger partial charge on any atom is -0.478 e. The Hall–Kier alpha value is -1.36. The summed E-state index contributed by atoms with van der Waals surface area (Å²) < 4.78 is 0. The molecule has 0 spiro atoms. The molecule has 1 fully saturated rings. The fourth-order valence-electron chi connectivity index (χ4n) is 1.56. The number of carbonyl (C=O) groups excluding carboxylic acids is 1. The van der Waals surface area contributed by atoms with Gasteiger partial charge in [-0.15, -0.1) is 0 Å². The smallest absolute Gasteiger partial charge is 0.331 e. The topological polar surface area (TPSA) is 69.6 Å². The number of carbonyl (C=O) groups is 2. The molecule has 1 aliphatic heterocycles. The zero-order valence-electron chi connectivity index (χ0n) is 9.75. The van der Waals surface area contributed by atoms with E-state index in [1.54, 1.807) is 0 Å². The fraction of sp³-hybridized carbons (Fsp3) is 0.636. The number of nitrogens with zero attached hydrogens (tertiary/aromatic N) is 1. The number of nitrogens with one attached hydrogen (secondary N) is 1. The van der Waals surface area contributed by atoms with E-state index >= 15 is 0 Å². The zero-order valence-corrected chi connectivity index (χ0v) is 9.75. The number of hydrazine groups is 1. The average molecular weight is 226 g/mol. The van der Waals surface area contributed by atoms with Crippen molar-refractivity contribution >= 4 is 11.9 Å². The van der Waals surface area contributed by atoms with E-state index in [4.69, 9.17) is 5.11 Å². The zero-order chi connectivity index (χ0) is 12.1. The van der Waals surface area contributed by atoms with Crippen molar-refractivity contribution in [2.75, 3.05) is 13.1 Å². The van der Waals surface area contributed by atoms with Crippen molar-refractivity contribution in [3.05, 3.63) is 11.1 Å². The molecule has 0 unspecified atom stereocenters. The number of rotatable bonds is 3. The van der Waals surface area contributed by atoms with Crippen molar-refractivity contribution in [1.82, 2.24) is 10.4 Å². The first kappa shape index (κ1) is 12.7. The highest BCUT2D eigenvalue weighted by molar-refractivity contribution is 6.01. The number of carboxylic acids is 1. The lowest BCUT2D eigenvalue weighted by Crippen LogP contribution is -2.45. The third kappa shape index (κ3) is 3.34. The van der Waals surface area contributed by atoms with Gasteiger partial charge in [0.25, 0.3) is 5.91 Å². The Morgan fingerprint density at radius 3 is 2.12 bits per heavy atom. The molecule has 2 N–H and O–H groups in total. The Labute approximate surface area is 95.1 Å². The molecular weight excluding hydrogens is 208 g/mol. The van der Waals surface area contributed by atoms with Crippen LogP contribution in [0.25, 0.3) is 0 Å². The van der Waals surface area contributed by atoms with Crippen molar-refractivity contribution in [3.63, 3.8) is 0 Å². The predicted molar refractivity (Wildman–Crippen MR) is 59.6 cm³/mol. The van der Waals surface area contributed by atoms with Crippen LogP contribution in [-0.2, 0) is 9.59 Å². The summed E-state index contributed by atoms with van der Waals surface area (Å²) in [6.07, 6.45) is 3.33. The van der Waals surface area contributed by atoms with Crippen molar-refractivity contribution in [2.24, 2.45) is 0 Å². The Kier molecular flexibility index (Phi) is 4.49. The van der Waals surface area contributed by atoms with E-state index in [0.29, 0.717) is 0 Å². The molecule has 1 aliphatic rings. The normalized spacial score (nSPS) is 18.9. The second-order valence-electron chi connectivity index (χ2n) is 4.04. The fourth-order valence-corrected chi connectivity index (χ4v) is 1.56. The van der Waals surface area contributed by atoms with Gasteiger partial charge in [-0.2, -0.15) is 0 Å². The van der Waals surface area contributed by atoms with E-state index in [1.165, 1.54) is 20.3 Å². The van der Waals surface area contributed by atoms with Gasteiger partial charge in [0.15, 0.2) is 0 Å². The van der Waals surface area contributed by atoms with Crippen LogP contribution in [-0.4, -0.2) is 35.1 Å². The summed E-state index contributed by atoms with van der Waals surface area (Å²) in [5.41, 5.74) is 3.08. The largest absolute Gasteiger partial charge is 0.478 e. The molecule has 5 nitrogen and oxygen atoms in total. The lowest BCUT2D eigenvalue weighted by molar-refractivity contribution is -0.133. The van der Waals surface area contributed by atoms with E-state index < -0.39 is 5.97 Å². The minimum atomic E-state index is -1.05. The first-order valence-corrected chi connectivity index (χ1v) is 5.49. The van der Waals surface area contributed by atoms with E-state index in [0.717, 1.165) is 25.9 Å². The summed E-state index contributed by atoms with van der Waals surface area (Å²) in [5, 5.41) is 10.6. The molecule has 16 heavy (non-hydrogen) atoms. The van der Waals surface area contributed by atoms with E-state index in [9.17, 15) is 9.59 Å². The molecule has 0 aromatic heterocycles. The quantitative estimate of drug-likeness (QED) is 0.702. The van der Waals surface area contributed by atoms with Crippen molar-refractivity contribution in [1.29, 1.82) is 0 Å². The van der Waals surface area contributed by atoms with E-state index in [-0.39, 0.29) is 17.1 Å². The predicted octanol–water partition coefficient (Wildman–Crippen LogP) is 0.924. The van der Waals surface area contributed by atoms with E-state index in [2.05, 4.69) is 5.43 Å². The van der Waals surface area contributed by atoms with Gasteiger partial charge in [0.05, 0.1) is 0 Å². The second kappa shape index (κ2) is 5.65. The van der Waals surface area contributed by atoms with Gasteiger partial charge in [0.2, 0.25) is 0 Å². The standard InChI is InChI=1S/C11H18N2O3/c1-8(9(2)11(15)16)10(14)12-13-6-4-3-5-7-13/h3-7H2,1-2H3,(H,12,14)(H,15,16). The monoisotopic (exact) mass is 226 g/mol. The van der Waals surface area contributed by atoms with Gasteiger partial charge in [-0.1, -0.05) is 6.42 Å². The Balaban J connectivity index is 2.57. The Morgan fingerprint density at radius 2 is 1.62 bits per heavy atom. The first-order valence-electron chi connectivity index (χ1n) is 5.49. The van der Waals surface area contributed by atoms with E-state index in [1.807, 2.05) is 5.01 Å². The molecular formula is C11H18N2O3. The van der Waals surface area contributed by atoms with Crippen LogP contribution in [0.4, 0.5) is 0 Å². The highest BCUT2D eigenvalue weighted by Gasteiger charge is 2.16. The molecule has 1 heterocycles. The van der Waals surface area contributed by atoms with Crippen LogP contribution < -0.4 is 5.43 Å². The summed E-state index contributed by atoms with van der Waals surface area (Å²) in [5.74, 6) is -1.37. The summed E-state index contributed by atoms with van der Waals surface area (Å²) in [4.78, 5) is 22.4. The van der Waals surface area contributed by atoms with Crippen LogP contribution in [0.2, 0.25) is 0 Å². The summed E-state index contributed by atoms with van der Waals surface area (Å²) in [6, 6.07) is 0.